The van der Waals surface area contributed by atoms with Gasteiger partial charge >= 0.3 is 0 Å². The van der Waals surface area contributed by atoms with E-state index in [1.165, 1.54) is 6.26 Å². The van der Waals surface area contributed by atoms with Crippen LogP contribution in [0.5, 0.6) is 0 Å². The Kier molecular flexibility index (Phi) is 5.70. The van der Waals surface area contributed by atoms with Gasteiger partial charge in [-0.15, -0.1) is 0 Å². The Labute approximate surface area is 174 Å². The Morgan fingerprint density at radius 1 is 1.23 bits per heavy atom. The summed E-state index contributed by atoms with van der Waals surface area (Å²) in [6, 6.07) is 1.82. The lowest BCUT2D eigenvalue weighted by Gasteiger charge is -2.31. The van der Waals surface area contributed by atoms with Gasteiger partial charge in [-0.2, -0.15) is 0 Å². The molecule has 0 bridgehead atoms. The van der Waals surface area contributed by atoms with E-state index in [1.807, 2.05) is 13.0 Å². The fourth-order valence-electron chi connectivity index (χ4n) is 4.02. The largest absolute Gasteiger partial charge is 0.367 e. The summed E-state index contributed by atoms with van der Waals surface area (Å²) >= 11 is 0. The van der Waals surface area contributed by atoms with Crippen molar-refractivity contribution in [3.05, 3.63) is 36.0 Å². The van der Waals surface area contributed by atoms with E-state index in [2.05, 4.69) is 30.0 Å². The Bertz CT molecular complexity index is 1160. The summed E-state index contributed by atoms with van der Waals surface area (Å²) in [5.74, 6) is 0.0215. The molecule has 1 aliphatic rings. The summed E-state index contributed by atoms with van der Waals surface area (Å²) in [4.78, 5) is 16.0. The highest BCUT2D eigenvalue weighted by atomic mass is 32.2. The zero-order chi connectivity index (χ0) is 21.3. The second kappa shape index (κ2) is 8.27. The van der Waals surface area contributed by atoms with E-state index in [1.54, 1.807) is 12.4 Å². The van der Waals surface area contributed by atoms with Crippen molar-refractivity contribution in [3.63, 3.8) is 0 Å². The van der Waals surface area contributed by atoms with E-state index in [0.717, 1.165) is 54.0 Å². The molecule has 8 nitrogen and oxygen atoms in total. The van der Waals surface area contributed by atoms with Crippen molar-refractivity contribution < 1.29 is 12.8 Å². The van der Waals surface area contributed by atoms with Crippen LogP contribution in [0.15, 0.2) is 24.7 Å². The Morgan fingerprint density at radius 2 is 2.03 bits per heavy atom. The highest BCUT2D eigenvalue weighted by Crippen LogP contribution is 2.28. The van der Waals surface area contributed by atoms with Gasteiger partial charge in [-0.1, -0.05) is 12.8 Å². The molecule has 3 aromatic heterocycles. The van der Waals surface area contributed by atoms with Crippen LogP contribution < -0.4 is 10.0 Å². The first-order chi connectivity index (χ1) is 14.3. The zero-order valence-corrected chi connectivity index (χ0v) is 17.8. The van der Waals surface area contributed by atoms with Crippen LogP contribution in [-0.2, 0) is 10.0 Å². The molecule has 1 saturated carbocycles. The number of hydrogen-bond acceptors (Lipinski definition) is 6. The number of fused-ring (bicyclic) bond motifs is 1. The number of aryl methyl sites for hydroxylation is 1. The second-order valence-corrected chi connectivity index (χ2v) is 9.70. The van der Waals surface area contributed by atoms with Gasteiger partial charge < -0.3 is 10.3 Å². The molecular formula is C20H25FN6O2S. The van der Waals surface area contributed by atoms with Crippen LogP contribution in [0.1, 0.15) is 31.2 Å². The van der Waals surface area contributed by atoms with Crippen molar-refractivity contribution in [1.82, 2.24) is 24.7 Å². The van der Waals surface area contributed by atoms with Gasteiger partial charge in [-0.3, -0.25) is 0 Å². The van der Waals surface area contributed by atoms with Crippen molar-refractivity contribution >= 4 is 26.9 Å². The van der Waals surface area contributed by atoms with Crippen LogP contribution >= 0.6 is 0 Å². The summed E-state index contributed by atoms with van der Waals surface area (Å²) in [6.45, 7) is 2.38. The molecular weight excluding hydrogens is 407 g/mol. The molecule has 3 aromatic rings. The third-order valence-corrected chi connectivity index (χ3v) is 6.19. The van der Waals surface area contributed by atoms with Gasteiger partial charge in [0.15, 0.2) is 17.5 Å². The third-order valence-electron chi connectivity index (χ3n) is 5.46. The first kappa shape index (κ1) is 20.7. The van der Waals surface area contributed by atoms with E-state index in [-0.39, 0.29) is 17.8 Å². The molecule has 30 heavy (non-hydrogen) atoms. The smallest absolute Gasteiger partial charge is 0.208 e. The second-order valence-electron chi connectivity index (χ2n) is 7.92. The Hall–Kier alpha value is -2.59. The van der Waals surface area contributed by atoms with Crippen molar-refractivity contribution in [2.75, 3.05) is 18.1 Å². The molecule has 2 atom stereocenters. The van der Waals surface area contributed by atoms with Crippen molar-refractivity contribution in [1.29, 1.82) is 0 Å². The highest BCUT2D eigenvalue weighted by molar-refractivity contribution is 7.88. The minimum absolute atomic E-state index is 0.0613. The van der Waals surface area contributed by atoms with E-state index >= 15 is 0 Å². The number of rotatable bonds is 6. The Balaban J connectivity index is 1.55. The lowest BCUT2D eigenvalue weighted by Crippen LogP contribution is -2.44. The predicted molar refractivity (Wildman–Crippen MR) is 114 cm³/mol. The number of H-pyrrole nitrogens is 1. The van der Waals surface area contributed by atoms with Crippen LogP contribution in [0.2, 0.25) is 0 Å². The lowest BCUT2D eigenvalue weighted by atomic mass is 9.85. The first-order valence-corrected chi connectivity index (χ1v) is 11.9. The van der Waals surface area contributed by atoms with Gasteiger partial charge in [-0.05, 0) is 37.3 Å². The van der Waals surface area contributed by atoms with Gasteiger partial charge in [0, 0.05) is 35.9 Å². The third kappa shape index (κ3) is 4.59. The molecule has 0 radical (unpaired) electrons. The van der Waals surface area contributed by atoms with Crippen LogP contribution in [0.25, 0.3) is 22.4 Å². The molecule has 3 heterocycles. The van der Waals surface area contributed by atoms with Gasteiger partial charge in [0.2, 0.25) is 10.0 Å². The summed E-state index contributed by atoms with van der Waals surface area (Å²) in [5.41, 5.74) is 2.47. The number of aromatic amines is 1. The number of sulfonamides is 1. The van der Waals surface area contributed by atoms with Gasteiger partial charge in [-0.25, -0.2) is 32.5 Å². The average molecular weight is 433 g/mol. The molecule has 0 amide bonds. The highest BCUT2D eigenvalue weighted by Gasteiger charge is 2.27. The topological polar surface area (TPSA) is 113 Å². The summed E-state index contributed by atoms with van der Waals surface area (Å²) in [5, 5.41) is 3.95. The van der Waals surface area contributed by atoms with E-state index in [9.17, 15) is 12.8 Å². The molecule has 160 valence electrons. The molecule has 10 heteroatoms. The van der Waals surface area contributed by atoms with Crippen LogP contribution in [0.3, 0.4) is 0 Å². The summed E-state index contributed by atoms with van der Waals surface area (Å²) < 4.78 is 40.4. The fraction of sp³-hybridized carbons (Fsp3) is 0.450. The molecule has 0 aromatic carbocycles. The molecule has 0 saturated heterocycles. The SMILES string of the molecule is Cc1cnc2[nH]cc(-c3ncc(F)c(NCC4CCCC[C@H]4NS(C)(=O)=O)n3)c2c1. The van der Waals surface area contributed by atoms with Crippen LogP contribution in [-0.4, -0.2) is 47.2 Å². The van der Waals surface area contributed by atoms with Gasteiger partial charge in [0.05, 0.1) is 12.5 Å². The average Bonchev–Trinajstić information content (AvgIpc) is 3.10. The summed E-state index contributed by atoms with van der Waals surface area (Å²) in [7, 11) is -3.30. The molecule has 1 aliphatic carbocycles. The van der Waals surface area contributed by atoms with Crippen LogP contribution in [0.4, 0.5) is 10.2 Å². The molecule has 1 unspecified atom stereocenters. The lowest BCUT2D eigenvalue weighted by molar-refractivity contribution is 0.301. The van der Waals surface area contributed by atoms with Crippen molar-refractivity contribution in [2.24, 2.45) is 5.92 Å². The Morgan fingerprint density at radius 3 is 2.83 bits per heavy atom. The standard InChI is InChI=1S/C20H25FN6O2S/c1-12-7-14-15(10-24-18(14)22-8-12)19-25-11-16(21)20(26-19)23-9-13-5-3-4-6-17(13)27-30(2,28)29/h7-8,10-11,13,17,27H,3-6,9H2,1-2H3,(H,22,24)(H,23,25,26)/t13?,17-/m1/s1. The van der Waals surface area contributed by atoms with E-state index in [4.69, 9.17) is 0 Å². The van der Waals surface area contributed by atoms with Crippen molar-refractivity contribution in [2.45, 2.75) is 38.6 Å². The molecule has 4 rings (SSSR count). The maximum atomic E-state index is 14.4. The minimum atomic E-state index is -3.30. The number of nitrogens with one attached hydrogen (secondary N) is 3. The van der Waals surface area contributed by atoms with E-state index in [0.29, 0.717) is 12.4 Å². The van der Waals surface area contributed by atoms with Crippen molar-refractivity contribution in [3.8, 4) is 11.4 Å². The molecule has 1 fully saturated rings. The van der Waals surface area contributed by atoms with Gasteiger partial charge in [0.25, 0.3) is 0 Å². The van der Waals surface area contributed by atoms with Gasteiger partial charge in [0.1, 0.15) is 5.65 Å². The number of hydrogen-bond donors (Lipinski definition) is 3. The molecule has 0 aliphatic heterocycles. The predicted octanol–water partition coefficient (Wildman–Crippen LogP) is 2.99. The zero-order valence-electron chi connectivity index (χ0n) is 16.9. The van der Waals surface area contributed by atoms with E-state index < -0.39 is 15.8 Å². The normalized spacial score (nSPS) is 19.8. The maximum Gasteiger partial charge on any atom is 0.208 e. The number of aromatic nitrogens is 4. The molecule has 3 N–H and O–H groups in total. The number of halogens is 1. The minimum Gasteiger partial charge on any atom is -0.367 e. The quantitative estimate of drug-likeness (QED) is 0.552. The monoisotopic (exact) mass is 432 g/mol. The fourth-order valence-corrected chi connectivity index (χ4v) is 4.88. The van der Waals surface area contributed by atoms with Crippen LogP contribution in [0, 0.1) is 18.7 Å². The first-order valence-electron chi connectivity index (χ1n) is 9.98. The number of pyridine rings is 1. The molecule has 0 spiro atoms. The summed E-state index contributed by atoms with van der Waals surface area (Å²) in [6.07, 6.45) is 9.50. The maximum absolute atomic E-state index is 14.4. The number of anilines is 1. The number of nitrogens with zero attached hydrogens (tertiary/aromatic N) is 3.